The van der Waals surface area contributed by atoms with Crippen LogP contribution in [0.2, 0.25) is 0 Å². The molecule has 0 saturated carbocycles. The zero-order valence-electron chi connectivity index (χ0n) is 13.7. The van der Waals surface area contributed by atoms with Crippen LogP contribution in [-0.2, 0) is 6.42 Å². The Bertz CT molecular complexity index is 965. The quantitative estimate of drug-likeness (QED) is 0.639. The zero-order valence-corrected chi connectivity index (χ0v) is 16.1. The standard InChI is InChI=1S/C19H15BrN2O3S/c20-13-5-6-14-12(11-13)3-1-9-22(14)19(24)16-7-8-17(26-16)21-18(23)15-4-2-10-25-15/h2,4-8,10-11H,1,3,9H2,(H,21,23). The summed E-state index contributed by atoms with van der Waals surface area (Å²) in [5.41, 5.74) is 2.13. The number of thiophene rings is 1. The van der Waals surface area contributed by atoms with E-state index in [0.717, 1.165) is 23.0 Å². The largest absolute Gasteiger partial charge is 0.459 e. The Morgan fingerprint density at radius 1 is 1.19 bits per heavy atom. The highest BCUT2D eigenvalue weighted by Gasteiger charge is 2.25. The molecule has 0 aliphatic carbocycles. The van der Waals surface area contributed by atoms with Gasteiger partial charge >= 0.3 is 0 Å². The average Bonchev–Trinajstić information content (AvgIpc) is 3.32. The molecule has 26 heavy (non-hydrogen) atoms. The third-order valence-corrected chi connectivity index (χ3v) is 5.69. The molecule has 132 valence electrons. The van der Waals surface area contributed by atoms with Crippen molar-refractivity contribution in [3.8, 4) is 0 Å². The van der Waals surface area contributed by atoms with Crippen LogP contribution in [0.5, 0.6) is 0 Å². The molecule has 0 bridgehead atoms. The highest BCUT2D eigenvalue weighted by Crippen LogP contribution is 2.32. The van der Waals surface area contributed by atoms with E-state index in [1.54, 1.807) is 24.3 Å². The lowest BCUT2D eigenvalue weighted by Gasteiger charge is -2.29. The first-order chi connectivity index (χ1) is 12.6. The maximum Gasteiger partial charge on any atom is 0.291 e. The van der Waals surface area contributed by atoms with E-state index in [0.29, 0.717) is 16.4 Å². The summed E-state index contributed by atoms with van der Waals surface area (Å²) < 4.78 is 6.10. The van der Waals surface area contributed by atoms with Crippen molar-refractivity contribution in [1.82, 2.24) is 0 Å². The summed E-state index contributed by atoms with van der Waals surface area (Å²) in [5, 5.41) is 3.37. The molecule has 2 aromatic heterocycles. The molecule has 1 aliphatic rings. The SMILES string of the molecule is O=C(Nc1ccc(C(=O)N2CCCc3cc(Br)ccc32)s1)c1ccco1. The molecule has 2 amide bonds. The van der Waals surface area contributed by atoms with Crippen LogP contribution in [0.15, 0.2) is 57.6 Å². The molecule has 0 radical (unpaired) electrons. The van der Waals surface area contributed by atoms with Gasteiger partial charge in [0.2, 0.25) is 0 Å². The summed E-state index contributed by atoms with van der Waals surface area (Å²) in [5.74, 6) is -0.136. The smallest absolute Gasteiger partial charge is 0.291 e. The summed E-state index contributed by atoms with van der Waals surface area (Å²) in [6.07, 6.45) is 3.35. The second-order valence-corrected chi connectivity index (χ2v) is 7.93. The van der Waals surface area contributed by atoms with Crippen molar-refractivity contribution in [2.45, 2.75) is 12.8 Å². The highest BCUT2D eigenvalue weighted by molar-refractivity contribution is 9.10. The lowest BCUT2D eigenvalue weighted by molar-refractivity contribution is 0.0984. The highest BCUT2D eigenvalue weighted by atomic mass is 79.9. The van der Waals surface area contributed by atoms with Crippen LogP contribution >= 0.6 is 27.3 Å². The topological polar surface area (TPSA) is 62.6 Å². The average molecular weight is 431 g/mol. The van der Waals surface area contributed by atoms with E-state index in [1.165, 1.54) is 23.2 Å². The molecule has 5 nitrogen and oxygen atoms in total. The summed E-state index contributed by atoms with van der Waals surface area (Å²) in [6.45, 7) is 0.694. The van der Waals surface area contributed by atoms with Gasteiger partial charge in [-0.3, -0.25) is 9.59 Å². The molecule has 1 aromatic carbocycles. The number of rotatable bonds is 3. The molecule has 1 N–H and O–H groups in total. The van der Waals surface area contributed by atoms with E-state index >= 15 is 0 Å². The van der Waals surface area contributed by atoms with E-state index in [-0.39, 0.29) is 17.6 Å². The summed E-state index contributed by atoms with van der Waals surface area (Å²) >= 11 is 4.75. The van der Waals surface area contributed by atoms with E-state index < -0.39 is 0 Å². The normalized spacial score (nSPS) is 13.3. The molecule has 4 rings (SSSR count). The number of benzene rings is 1. The summed E-state index contributed by atoms with van der Waals surface area (Å²) in [7, 11) is 0. The second kappa shape index (κ2) is 7.09. The van der Waals surface area contributed by atoms with Crippen molar-refractivity contribution in [2.24, 2.45) is 0 Å². The third-order valence-electron chi connectivity index (χ3n) is 4.20. The molecule has 7 heteroatoms. The molecule has 0 fully saturated rings. The van der Waals surface area contributed by atoms with E-state index in [4.69, 9.17) is 4.42 Å². The Kier molecular flexibility index (Phi) is 4.65. The number of amides is 2. The summed E-state index contributed by atoms with van der Waals surface area (Å²) in [4.78, 5) is 27.4. The molecule has 0 atom stereocenters. The molecular weight excluding hydrogens is 416 g/mol. The number of hydrogen-bond acceptors (Lipinski definition) is 4. The number of fused-ring (bicyclic) bond motifs is 1. The predicted octanol–water partition coefficient (Wildman–Crippen LogP) is 4.95. The van der Waals surface area contributed by atoms with Crippen LogP contribution in [0.1, 0.15) is 32.2 Å². The molecular formula is C19H15BrN2O3S. The monoisotopic (exact) mass is 430 g/mol. The van der Waals surface area contributed by atoms with Crippen molar-refractivity contribution >= 4 is 49.8 Å². The lowest BCUT2D eigenvalue weighted by atomic mass is 10.0. The van der Waals surface area contributed by atoms with Gasteiger partial charge in [0.05, 0.1) is 16.1 Å². The van der Waals surface area contributed by atoms with Gasteiger partial charge in [0, 0.05) is 16.7 Å². The number of halogens is 1. The number of aryl methyl sites for hydroxylation is 1. The van der Waals surface area contributed by atoms with Gasteiger partial charge in [-0.2, -0.15) is 0 Å². The van der Waals surface area contributed by atoms with Crippen molar-refractivity contribution in [2.75, 3.05) is 16.8 Å². The van der Waals surface area contributed by atoms with Crippen LogP contribution in [0.4, 0.5) is 10.7 Å². The number of furan rings is 1. The van der Waals surface area contributed by atoms with Gasteiger partial charge in [0.15, 0.2) is 5.76 Å². The van der Waals surface area contributed by atoms with Crippen molar-refractivity contribution in [3.05, 3.63) is 69.4 Å². The van der Waals surface area contributed by atoms with E-state index in [9.17, 15) is 9.59 Å². The van der Waals surface area contributed by atoms with Gasteiger partial charge < -0.3 is 14.6 Å². The van der Waals surface area contributed by atoms with Gasteiger partial charge in [-0.25, -0.2) is 0 Å². The molecule has 0 saturated heterocycles. The Balaban J connectivity index is 1.53. The van der Waals surface area contributed by atoms with E-state index in [1.807, 2.05) is 17.0 Å². The van der Waals surface area contributed by atoms with Crippen LogP contribution < -0.4 is 10.2 Å². The number of nitrogens with zero attached hydrogens (tertiary/aromatic N) is 1. The fourth-order valence-corrected chi connectivity index (χ4v) is 4.27. The number of carbonyl (C=O) groups is 2. The van der Waals surface area contributed by atoms with Crippen LogP contribution in [0.25, 0.3) is 0 Å². The van der Waals surface area contributed by atoms with E-state index in [2.05, 4.69) is 27.3 Å². The maximum absolute atomic E-state index is 13.0. The third kappa shape index (κ3) is 3.32. The van der Waals surface area contributed by atoms with Gasteiger partial charge in [-0.15, -0.1) is 11.3 Å². The van der Waals surface area contributed by atoms with Gasteiger partial charge in [0.1, 0.15) is 0 Å². The number of hydrogen-bond donors (Lipinski definition) is 1. The van der Waals surface area contributed by atoms with Crippen LogP contribution in [0.3, 0.4) is 0 Å². The minimum atomic E-state index is -0.330. The number of anilines is 2. The first-order valence-electron chi connectivity index (χ1n) is 8.17. The van der Waals surface area contributed by atoms with Crippen LogP contribution in [0, 0.1) is 0 Å². The van der Waals surface area contributed by atoms with Crippen molar-refractivity contribution < 1.29 is 14.0 Å². The Hall–Kier alpha value is -2.38. The maximum atomic E-state index is 13.0. The van der Waals surface area contributed by atoms with Gasteiger partial charge in [-0.1, -0.05) is 15.9 Å². The van der Waals surface area contributed by atoms with Gasteiger partial charge in [0.25, 0.3) is 11.8 Å². The fourth-order valence-electron chi connectivity index (χ4n) is 3.01. The van der Waals surface area contributed by atoms with Crippen molar-refractivity contribution in [3.63, 3.8) is 0 Å². The molecule has 3 heterocycles. The minimum absolute atomic E-state index is 0.0447. The molecule has 0 spiro atoms. The second-order valence-electron chi connectivity index (χ2n) is 5.93. The summed E-state index contributed by atoms with van der Waals surface area (Å²) in [6, 6.07) is 12.7. The Labute approximate surface area is 162 Å². The van der Waals surface area contributed by atoms with Crippen LogP contribution in [-0.4, -0.2) is 18.4 Å². The van der Waals surface area contributed by atoms with Gasteiger partial charge in [-0.05, 0) is 60.9 Å². The minimum Gasteiger partial charge on any atom is -0.459 e. The Morgan fingerprint density at radius 2 is 2.08 bits per heavy atom. The lowest BCUT2D eigenvalue weighted by Crippen LogP contribution is -2.35. The first-order valence-corrected chi connectivity index (χ1v) is 9.78. The zero-order chi connectivity index (χ0) is 18.1. The fraction of sp³-hybridized carbons (Fsp3) is 0.158. The van der Waals surface area contributed by atoms with Crippen molar-refractivity contribution in [1.29, 1.82) is 0 Å². The number of nitrogens with one attached hydrogen (secondary N) is 1. The molecule has 3 aromatic rings. The number of carbonyl (C=O) groups excluding carboxylic acids is 2. The first kappa shape index (κ1) is 17.1. The molecule has 1 aliphatic heterocycles. The molecule has 0 unspecified atom stereocenters. The Morgan fingerprint density at radius 3 is 2.88 bits per heavy atom. The predicted molar refractivity (Wildman–Crippen MR) is 105 cm³/mol.